The van der Waals surface area contributed by atoms with E-state index in [-0.39, 0.29) is 17.9 Å². The molecule has 0 bridgehead atoms. The maximum absolute atomic E-state index is 13.9. The van der Waals surface area contributed by atoms with E-state index in [9.17, 15) is 18.0 Å². The van der Waals surface area contributed by atoms with E-state index in [1.54, 1.807) is 25.1 Å². The molecule has 0 saturated heterocycles. The standard InChI is InChI=1S/C18H17F3N2O/c1-11-6-7-12(10-14(11)18(2,20)21)23-9-8-13-15(19)4-3-5-16(13)22-17(23)24/h3-7,10H,8-9H2,1-2H3,(H,22,24). The Hall–Kier alpha value is -2.50. The maximum atomic E-state index is 13.9. The highest BCUT2D eigenvalue weighted by atomic mass is 19.3. The number of nitrogens with one attached hydrogen (secondary N) is 1. The molecule has 1 heterocycles. The van der Waals surface area contributed by atoms with Gasteiger partial charge in [0.1, 0.15) is 5.82 Å². The first kappa shape index (κ1) is 16.4. The summed E-state index contributed by atoms with van der Waals surface area (Å²) >= 11 is 0. The lowest BCUT2D eigenvalue weighted by molar-refractivity contribution is 0.0168. The molecule has 2 aromatic carbocycles. The lowest BCUT2D eigenvalue weighted by Crippen LogP contribution is -2.34. The fourth-order valence-electron chi connectivity index (χ4n) is 2.93. The highest BCUT2D eigenvalue weighted by Crippen LogP contribution is 2.33. The van der Waals surface area contributed by atoms with Crippen LogP contribution in [0.4, 0.5) is 29.3 Å². The summed E-state index contributed by atoms with van der Waals surface area (Å²) < 4.78 is 41.4. The minimum absolute atomic E-state index is 0.124. The molecule has 24 heavy (non-hydrogen) atoms. The Labute approximate surface area is 138 Å². The molecule has 3 nitrogen and oxygen atoms in total. The number of fused-ring (bicyclic) bond motifs is 1. The van der Waals surface area contributed by atoms with Crippen molar-refractivity contribution in [2.45, 2.75) is 26.2 Å². The van der Waals surface area contributed by atoms with Crippen molar-refractivity contribution in [1.82, 2.24) is 0 Å². The summed E-state index contributed by atoms with van der Waals surface area (Å²) in [5.41, 5.74) is 1.52. The summed E-state index contributed by atoms with van der Waals surface area (Å²) in [5, 5.41) is 2.64. The number of amides is 2. The summed E-state index contributed by atoms with van der Waals surface area (Å²) in [6.07, 6.45) is 0.298. The van der Waals surface area contributed by atoms with Gasteiger partial charge in [0, 0.05) is 36.0 Å². The van der Waals surface area contributed by atoms with Crippen molar-refractivity contribution in [2.75, 3.05) is 16.8 Å². The van der Waals surface area contributed by atoms with Gasteiger partial charge in [0.05, 0.1) is 0 Å². The molecule has 1 aliphatic rings. The Balaban J connectivity index is 1.97. The van der Waals surface area contributed by atoms with Crippen molar-refractivity contribution in [3.8, 4) is 0 Å². The first-order chi connectivity index (χ1) is 11.3. The van der Waals surface area contributed by atoms with Gasteiger partial charge in [-0.2, -0.15) is 0 Å². The zero-order chi connectivity index (χ0) is 17.5. The smallest absolute Gasteiger partial charge is 0.307 e. The molecule has 0 spiro atoms. The average molecular weight is 334 g/mol. The first-order valence-electron chi connectivity index (χ1n) is 7.62. The van der Waals surface area contributed by atoms with E-state index in [0.29, 0.717) is 28.9 Å². The van der Waals surface area contributed by atoms with E-state index < -0.39 is 12.0 Å². The van der Waals surface area contributed by atoms with Crippen LogP contribution in [-0.4, -0.2) is 12.6 Å². The van der Waals surface area contributed by atoms with Crippen LogP contribution in [0.2, 0.25) is 0 Å². The maximum Gasteiger partial charge on any atom is 0.326 e. The first-order valence-corrected chi connectivity index (χ1v) is 7.62. The second-order valence-corrected chi connectivity index (χ2v) is 5.99. The summed E-state index contributed by atoms with van der Waals surface area (Å²) in [4.78, 5) is 13.8. The van der Waals surface area contributed by atoms with Crippen LogP contribution in [0.25, 0.3) is 0 Å². The number of halogens is 3. The molecule has 3 rings (SSSR count). The van der Waals surface area contributed by atoms with Crippen LogP contribution < -0.4 is 10.2 Å². The predicted octanol–water partition coefficient (Wildman–Crippen LogP) is 4.84. The van der Waals surface area contributed by atoms with Crippen LogP contribution in [0.15, 0.2) is 36.4 Å². The second kappa shape index (κ2) is 5.85. The van der Waals surface area contributed by atoms with Crippen LogP contribution in [-0.2, 0) is 12.3 Å². The number of nitrogens with zero attached hydrogens (tertiary/aromatic N) is 1. The highest BCUT2D eigenvalue weighted by molar-refractivity contribution is 6.03. The number of aryl methyl sites for hydroxylation is 1. The molecule has 2 aromatic rings. The molecule has 0 aromatic heterocycles. The minimum Gasteiger partial charge on any atom is -0.307 e. The Morgan fingerprint density at radius 2 is 1.96 bits per heavy atom. The third kappa shape index (κ3) is 2.96. The fourth-order valence-corrected chi connectivity index (χ4v) is 2.93. The Kier molecular flexibility index (Phi) is 3.99. The molecule has 1 N–H and O–H groups in total. The van der Waals surface area contributed by atoms with E-state index >= 15 is 0 Å². The molecule has 0 radical (unpaired) electrons. The fraction of sp³-hybridized carbons (Fsp3) is 0.278. The summed E-state index contributed by atoms with van der Waals surface area (Å²) in [6, 6.07) is 8.52. The number of benzene rings is 2. The van der Waals surface area contributed by atoms with Crippen molar-refractivity contribution in [3.63, 3.8) is 0 Å². The highest BCUT2D eigenvalue weighted by Gasteiger charge is 2.29. The predicted molar refractivity (Wildman–Crippen MR) is 87.2 cm³/mol. The quantitative estimate of drug-likeness (QED) is 0.837. The Bertz CT molecular complexity index is 799. The molecule has 0 fully saturated rings. The van der Waals surface area contributed by atoms with Crippen molar-refractivity contribution in [3.05, 3.63) is 58.9 Å². The second-order valence-electron chi connectivity index (χ2n) is 5.99. The van der Waals surface area contributed by atoms with Crippen LogP contribution in [0.3, 0.4) is 0 Å². The zero-order valence-electron chi connectivity index (χ0n) is 13.4. The molecule has 0 saturated carbocycles. The third-order valence-corrected chi connectivity index (χ3v) is 4.20. The van der Waals surface area contributed by atoms with Gasteiger partial charge in [0.15, 0.2) is 0 Å². The van der Waals surface area contributed by atoms with Gasteiger partial charge in [-0.05, 0) is 43.2 Å². The van der Waals surface area contributed by atoms with Crippen molar-refractivity contribution in [1.29, 1.82) is 0 Å². The molecule has 1 aliphatic heterocycles. The number of rotatable bonds is 2. The number of carbonyl (C=O) groups excluding carboxylic acids is 1. The zero-order valence-corrected chi connectivity index (χ0v) is 13.4. The Morgan fingerprint density at radius 1 is 1.21 bits per heavy atom. The van der Waals surface area contributed by atoms with Gasteiger partial charge in [-0.1, -0.05) is 12.1 Å². The average Bonchev–Trinajstić information content (AvgIpc) is 2.66. The van der Waals surface area contributed by atoms with E-state index in [2.05, 4.69) is 5.32 Å². The number of anilines is 2. The minimum atomic E-state index is -3.00. The molecule has 0 unspecified atom stereocenters. The third-order valence-electron chi connectivity index (χ3n) is 4.20. The SMILES string of the molecule is Cc1ccc(N2CCc3c(F)cccc3NC2=O)cc1C(C)(F)F. The summed E-state index contributed by atoms with van der Waals surface area (Å²) in [5.74, 6) is -3.39. The van der Waals surface area contributed by atoms with Gasteiger partial charge in [-0.15, -0.1) is 0 Å². The van der Waals surface area contributed by atoms with Crippen molar-refractivity contribution < 1.29 is 18.0 Å². The number of hydrogen-bond acceptors (Lipinski definition) is 1. The van der Waals surface area contributed by atoms with Crippen LogP contribution in [0, 0.1) is 12.7 Å². The number of carbonyl (C=O) groups is 1. The van der Waals surface area contributed by atoms with Crippen LogP contribution in [0.5, 0.6) is 0 Å². The van der Waals surface area contributed by atoms with Crippen LogP contribution in [0.1, 0.15) is 23.6 Å². The number of urea groups is 1. The molecule has 126 valence electrons. The van der Waals surface area contributed by atoms with Gasteiger partial charge in [0.2, 0.25) is 0 Å². The molecule has 6 heteroatoms. The summed E-state index contributed by atoms with van der Waals surface area (Å²) in [6.45, 7) is 2.63. The molecule has 0 aliphatic carbocycles. The van der Waals surface area contributed by atoms with Gasteiger partial charge >= 0.3 is 6.03 Å². The van der Waals surface area contributed by atoms with Crippen molar-refractivity contribution in [2.24, 2.45) is 0 Å². The van der Waals surface area contributed by atoms with Gasteiger partial charge < -0.3 is 5.32 Å². The van der Waals surface area contributed by atoms with E-state index in [1.807, 2.05) is 0 Å². The van der Waals surface area contributed by atoms with Gasteiger partial charge in [-0.25, -0.2) is 18.0 Å². The lowest BCUT2D eigenvalue weighted by atomic mass is 10.0. The van der Waals surface area contributed by atoms with Crippen molar-refractivity contribution >= 4 is 17.4 Å². The number of alkyl halides is 2. The largest absolute Gasteiger partial charge is 0.326 e. The van der Waals surface area contributed by atoms with Gasteiger partial charge in [-0.3, -0.25) is 4.90 Å². The molecule has 0 atom stereocenters. The summed E-state index contributed by atoms with van der Waals surface area (Å²) in [7, 11) is 0. The Morgan fingerprint density at radius 3 is 2.67 bits per heavy atom. The van der Waals surface area contributed by atoms with Crippen LogP contribution >= 0.6 is 0 Å². The lowest BCUT2D eigenvalue weighted by Gasteiger charge is -2.23. The molecular formula is C18H17F3N2O. The van der Waals surface area contributed by atoms with Gasteiger partial charge in [0.25, 0.3) is 5.92 Å². The van der Waals surface area contributed by atoms with E-state index in [4.69, 9.17) is 0 Å². The normalized spacial score (nSPS) is 14.9. The molecule has 2 amide bonds. The van der Waals surface area contributed by atoms with E-state index in [0.717, 1.165) is 6.92 Å². The number of hydrogen-bond donors (Lipinski definition) is 1. The molecular weight excluding hydrogens is 317 g/mol. The topological polar surface area (TPSA) is 32.3 Å². The van der Waals surface area contributed by atoms with E-state index in [1.165, 1.54) is 23.1 Å². The monoisotopic (exact) mass is 334 g/mol.